The average molecular weight is 529 g/mol. The quantitative estimate of drug-likeness (QED) is 0.149. The molecule has 1 aliphatic heterocycles. The van der Waals surface area contributed by atoms with Crippen molar-refractivity contribution in [2.24, 2.45) is 9.98 Å². The van der Waals surface area contributed by atoms with Crippen molar-refractivity contribution >= 4 is 85.8 Å². The van der Waals surface area contributed by atoms with Gasteiger partial charge in [-0.1, -0.05) is 52.2 Å². The first kappa shape index (κ1) is 21.9. The predicted octanol–water partition coefficient (Wildman–Crippen LogP) is 8.40. The maximum atomic E-state index is 9.11. The first-order valence-corrected chi connectivity index (χ1v) is 13.9. The highest BCUT2D eigenvalue weighted by atomic mass is 32.1. The lowest BCUT2D eigenvalue weighted by Gasteiger charge is -2.40. The third-order valence-electron chi connectivity index (χ3n) is 6.13. The van der Waals surface area contributed by atoms with Crippen molar-refractivity contribution in [3.05, 3.63) is 40.5 Å². The van der Waals surface area contributed by atoms with Crippen LogP contribution in [0.5, 0.6) is 5.75 Å². The molecule has 0 bridgehead atoms. The number of thiophene rings is 4. The second-order valence-electron chi connectivity index (χ2n) is 8.10. The van der Waals surface area contributed by atoms with E-state index in [2.05, 4.69) is 19.7 Å². The summed E-state index contributed by atoms with van der Waals surface area (Å²) in [5.74, 6) is 0.557. The van der Waals surface area contributed by atoms with Gasteiger partial charge in [0.25, 0.3) is 0 Å². The van der Waals surface area contributed by atoms with Crippen LogP contribution in [0.4, 0.5) is 10.0 Å². The number of nitriles is 2. The molecule has 6 rings (SSSR count). The van der Waals surface area contributed by atoms with Crippen LogP contribution in [-0.2, 0) is 5.60 Å². The second-order valence-corrected chi connectivity index (χ2v) is 12.3. The van der Waals surface area contributed by atoms with Crippen LogP contribution in [0.2, 0.25) is 0 Å². The zero-order valence-electron chi connectivity index (χ0n) is 17.9. The van der Waals surface area contributed by atoms with E-state index in [1.165, 1.54) is 39.5 Å². The van der Waals surface area contributed by atoms with E-state index >= 15 is 0 Å². The number of rotatable bonds is 2. The zero-order chi connectivity index (χ0) is 24.2. The lowest BCUT2D eigenvalue weighted by atomic mass is 9.78. The molecule has 168 valence electrons. The van der Waals surface area contributed by atoms with Crippen molar-refractivity contribution in [2.75, 3.05) is 0 Å². The third kappa shape index (κ3) is 3.37. The molecule has 1 spiro atoms. The topological polar surface area (TPSA) is 90.2 Å². The molecule has 5 heterocycles. The monoisotopic (exact) mass is 528 g/mol. The van der Waals surface area contributed by atoms with Gasteiger partial charge in [0.15, 0.2) is 5.75 Å². The number of hydrogen-bond donors (Lipinski definition) is 0. The summed E-state index contributed by atoms with van der Waals surface area (Å²) in [5.41, 5.74) is 0.808. The number of nitrogens with zero attached hydrogens (tertiary/aromatic N) is 6. The summed E-state index contributed by atoms with van der Waals surface area (Å²) in [6.45, 7) is 14.2. The summed E-state index contributed by atoms with van der Waals surface area (Å²) in [4.78, 5) is 17.1. The number of fused-ring (bicyclic) bond motifs is 8. The van der Waals surface area contributed by atoms with E-state index in [-0.39, 0.29) is 11.7 Å². The summed E-state index contributed by atoms with van der Waals surface area (Å²) in [6, 6.07) is 7.57. The van der Waals surface area contributed by atoms with Gasteiger partial charge < -0.3 is 14.4 Å². The Hall–Kier alpha value is -3.58. The van der Waals surface area contributed by atoms with Gasteiger partial charge in [0.1, 0.15) is 17.7 Å². The normalized spacial score (nSPS) is 16.7. The summed E-state index contributed by atoms with van der Waals surface area (Å²) in [6.07, 6.45) is 5.21. The Balaban J connectivity index is 1.55. The molecule has 1 fully saturated rings. The number of aliphatic imine (C=N–C) groups is 2. The molecular formula is C24H12N6OS4. The Kier molecular flexibility index (Phi) is 5.18. The van der Waals surface area contributed by atoms with Gasteiger partial charge in [-0.15, -0.1) is 22.7 Å². The van der Waals surface area contributed by atoms with E-state index in [4.69, 9.17) is 28.4 Å². The van der Waals surface area contributed by atoms with Crippen LogP contribution in [0, 0.1) is 35.8 Å². The molecule has 1 aliphatic carbocycles. The highest BCUT2D eigenvalue weighted by Gasteiger charge is 2.46. The fourth-order valence-electron chi connectivity index (χ4n) is 4.74. The lowest BCUT2D eigenvalue weighted by molar-refractivity contribution is 0.0282. The number of ether oxygens (including phenoxy) is 1. The van der Waals surface area contributed by atoms with Crippen molar-refractivity contribution in [3.8, 4) is 27.6 Å². The maximum Gasteiger partial charge on any atom is 0.350 e. The SMILES string of the molecule is [C-]#[N+]/C(C#N)=N\c1cc2sc3c(c2s1)OC1(CCCCC1)c1c-3sc2cc(/N=C(\C#N)[N+]#[C-])sc12. The Morgan fingerprint density at radius 3 is 2.03 bits per heavy atom. The number of amidine groups is 2. The van der Waals surface area contributed by atoms with Crippen LogP contribution in [-0.4, -0.2) is 11.7 Å². The molecule has 0 saturated heterocycles. The first-order chi connectivity index (χ1) is 17.1. The van der Waals surface area contributed by atoms with E-state index in [9.17, 15) is 0 Å². The van der Waals surface area contributed by atoms with Gasteiger partial charge in [-0.25, -0.2) is 10.5 Å². The van der Waals surface area contributed by atoms with Crippen LogP contribution < -0.4 is 4.74 Å². The lowest BCUT2D eigenvalue weighted by Crippen LogP contribution is -2.37. The molecule has 0 amide bonds. The van der Waals surface area contributed by atoms with Gasteiger partial charge in [0.2, 0.25) is 10.0 Å². The average Bonchev–Trinajstić information content (AvgIpc) is 3.61. The van der Waals surface area contributed by atoms with Crippen LogP contribution in [0.15, 0.2) is 22.1 Å². The smallest absolute Gasteiger partial charge is 0.350 e. The molecule has 2 aliphatic rings. The van der Waals surface area contributed by atoms with E-state index in [1.54, 1.807) is 22.7 Å². The molecule has 0 atom stereocenters. The summed E-state index contributed by atoms with van der Waals surface area (Å²) in [7, 11) is 0. The highest BCUT2D eigenvalue weighted by Crippen LogP contribution is 2.63. The van der Waals surface area contributed by atoms with Crippen LogP contribution in [0.1, 0.15) is 37.7 Å². The Morgan fingerprint density at radius 1 is 0.857 bits per heavy atom. The molecule has 0 aromatic carbocycles. The number of hydrogen-bond acceptors (Lipinski definition) is 9. The molecule has 1 saturated carbocycles. The van der Waals surface area contributed by atoms with Crippen molar-refractivity contribution in [1.29, 1.82) is 10.5 Å². The third-order valence-corrected chi connectivity index (χ3v) is 10.9. The molecule has 11 heteroatoms. The standard InChI is InChI=1S/C24H12N6OS4/c1-27-14(10-25)29-16-8-12-20(34-16)18-22(32-12)23-19(31-24(18)6-4-3-5-7-24)21-13(33-23)9-17(35-21)30-15(11-26)28-2/h8-9H,3-7H2/b29-14+,30-15-. The van der Waals surface area contributed by atoms with Gasteiger partial charge >= 0.3 is 11.7 Å². The Morgan fingerprint density at radius 2 is 1.43 bits per heavy atom. The van der Waals surface area contributed by atoms with E-state index in [1.807, 2.05) is 24.3 Å². The largest absolute Gasteiger partial charge is 0.479 e. The fraction of sp³-hybridized carbons (Fsp3) is 0.250. The van der Waals surface area contributed by atoms with E-state index < -0.39 is 5.60 Å². The summed E-state index contributed by atoms with van der Waals surface area (Å²) >= 11 is 6.35. The minimum atomic E-state index is -0.418. The van der Waals surface area contributed by atoms with Crippen molar-refractivity contribution in [2.45, 2.75) is 37.7 Å². The molecule has 4 aromatic heterocycles. The van der Waals surface area contributed by atoms with Gasteiger partial charge in [0.05, 0.1) is 28.6 Å². The van der Waals surface area contributed by atoms with E-state index in [0.29, 0.717) is 10.0 Å². The minimum Gasteiger partial charge on any atom is -0.479 e. The highest BCUT2D eigenvalue weighted by molar-refractivity contribution is 7.35. The maximum absolute atomic E-state index is 9.11. The van der Waals surface area contributed by atoms with Gasteiger partial charge in [0, 0.05) is 17.7 Å². The van der Waals surface area contributed by atoms with Crippen molar-refractivity contribution < 1.29 is 4.74 Å². The second kappa shape index (κ2) is 8.27. The van der Waals surface area contributed by atoms with Crippen molar-refractivity contribution in [1.82, 2.24) is 0 Å². The van der Waals surface area contributed by atoms with E-state index in [0.717, 1.165) is 55.1 Å². The Labute approximate surface area is 216 Å². The molecule has 0 unspecified atom stereocenters. The van der Waals surface area contributed by atoms with Gasteiger partial charge in [-0.05, 0) is 25.7 Å². The molecule has 4 aromatic rings. The molecule has 0 N–H and O–H groups in total. The fourth-order valence-corrected chi connectivity index (χ4v) is 9.92. The molecule has 35 heavy (non-hydrogen) atoms. The van der Waals surface area contributed by atoms with Crippen molar-refractivity contribution in [3.63, 3.8) is 0 Å². The molecule has 0 radical (unpaired) electrons. The van der Waals surface area contributed by atoms with Crippen LogP contribution in [0.3, 0.4) is 0 Å². The zero-order valence-corrected chi connectivity index (χ0v) is 21.2. The minimum absolute atomic E-state index is 0.159. The Bertz CT molecular complexity index is 1730. The summed E-state index contributed by atoms with van der Waals surface area (Å²) < 4.78 is 11.2. The van der Waals surface area contributed by atoms with Crippen LogP contribution >= 0.6 is 45.3 Å². The molecule has 7 nitrogen and oxygen atoms in total. The van der Waals surface area contributed by atoms with Crippen LogP contribution in [0.25, 0.3) is 38.2 Å². The van der Waals surface area contributed by atoms with Gasteiger partial charge in [-0.2, -0.15) is 0 Å². The predicted molar refractivity (Wildman–Crippen MR) is 142 cm³/mol. The molecular weight excluding hydrogens is 517 g/mol. The van der Waals surface area contributed by atoms with Gasteiger partial charge in [-0.3, -0.25) is 0 Å². The summed E-state index contributed by atoms with van der Waals surface area (Å²) in [5, 5.41) is 19.5. The first-order valence-electron chi connectivity index (χ1n) is 10.6.